The maximum Gasteiger partial charge on any atom is 0.254 e. The van der Waals surface area contributed by atoms with Gasteiger partial charge in [-0.15, -0.1) is 24.0 Å². The van der Waals surface area contributed by atoms with E-state index in [0.717, 1.165) is 24.5 Å². The number of amides is 1. The Kier molecular flexibility index (Phi) is 10.4. The van der Waals surface area contributed by atoms with Crippen LogP contribution < -0.4 is 10.6 Å². The summed E-state index contributed by atoms with van der Waals surface area (Å²) in [6, 6.07) is 16.2. The van der Waals surface area contributed by atoms with Crippen molar-refractivity contribution in [1.82, 2.24) is 15.5 Å². The minimum atomic E-state index is 0. The van der Waals surface area contributed by atoms with Gasteiger partial charge in [-0.25, -0.2) is 0 Å². The van der Waals surface area contributed by atoms with Crippen LogP contribution >= 0.6 is 24.0 Å². The Morgan fingerprint density at radius 3 is 2.19 bits per heavy atom. The van der Waals surface area contributed by atoms with Gasteiger partial charge in [0.05, 0.1) is 12.2 Å². The Morgan fingerprint density at radius 2 is 1.59 bits per heavy atom. The molecule has 0 bridgehead atoms. The molecule has 2 aromatic rings. The van der Waals surface area contributed by atoms with Gasteiger partial charge in [-0.1, -0.05) is 43.3 Å². The Balaban J connectivity index is 0.00000363. The molecule has 6 nitrogen and oxygen atoms in total. The lowest BCUT2D eigenvalue weighted by atomic mass is 10.1. The second-order valence-electron chi connectivity index (χ2n) is 8.07. The van der Waals surface area contributed by atoms with Gasteiger partial charge in [0.2, 0.25) is 0 Å². The van der Waals surface area contributed by atoms with Gasteiger partial charge in [-0.05, 0) is 49.1 Å². The molecule has 3 rings (SSSR count). The second kappa shape index (κ2) is 12.8. The Labute approximate surface area is 208 Å². The molecular formula is C25H35IN4O2. The first-order valence-electron chi connectivity index (χ1n) is 11.0. The summed E-state index contributed by atoms with van der Waals surface area (Å²) in [4.78, 5) is 19.0. The largest absolute Gasteiger partial charge is 0.372 e. The van der Waals surface area contributed by atoms with Gasteiger partial charge in [0.15, 0.2) is 5.96 Å². The zero-order valence-corrected chi connectivity index (χ0v) is 21.8. The molecule has 7 heteroatoms. The van der Waals surface area contributed by atoms with Crippen molar-refractivity contribution in [3.63, 3.8) is 0 Å². The summed E-state index contributed by atoms with van der Waals surface area (Å²) in [6.07, 6.45) is 1.15. The number of aliphatic imine (C=N–C) groups is 1. The predicted octanol–water partition coefficient (Wildman–Crippen LogP) is 3.98. The molecule has 32 heavy (non-hydrogen) atoms. The number of carbonyl (C=O) groups is 1. The number of guanidine groups is 1. The molecule has 1 amide bonds. The first kappa shape index (κ1) is 26.1. The van der Waals surface area contributed by atoms with Gasteiger partial charge in [0.25, 0.3) is 5.91 Å². The van der Waals surface area contributed by atoms with E-state index in [1.807, 2.05) is 43.0 Å². The number of hydrogen-bond donors (Lipinski definition) is 2. The summed E-state index contributed by atoms with van der Waals surface area (Å²) < 4.78 is 5.73. The van der Waals surface area contributed by atoms with Crippen molar-refractivity contribution in [3.05, 3.63) is 70.8 Å². The molecule has 1 aliphatic rings. The third-order valence-corrected chi connectivity index (χ3v) is 5.54. The smallest absolute Gasteiger partial charge is 0.254 e. The van der Waals surface area contributed by atoms with Crippen molar-refractivity contribution >= 4 is 35.8 Å². The summed E-state index contributed by atoms with van der Waals surface area (Å²) in [5.41, 5.74) is 4.43. The van der Waals surface area contributed by atoms with Crippen LogP contribution in [0, 0.1) is 0 Å². The van der Waals surface area contributed by atoms with Gasteiger partial charge in [-0.3, -0.25) is 9.79 Å². The van der Waals surface area contributed by atoms with Crippen LogP contribution in [-0.4, -0.2) is 49.1 Å². The maximum atomic E-state index is 12.8. The number of carbonyl (C=O) groups excluding carboxylic acids is 1. The number of ether oxygens (including phenoxy) is 1. The number of aryl methyl sites for hydroxylation is 1. The monoisotopic (exact) mass is 550 g/mol. The number of rotatable bonds is 6. The minimum absolute atomic E-state index is 0. The second-order valence-corrected chi connectivity index (χ2v) is 8.07. The van der Waals surface area contributed by atoms with Gasteiger partial charge >= 0.3 is 0 Å². The molecule has 1 heterocycles. The fourth-order valence-corrected chi connectivity index (χ4v) is 3.95. The molecule has 0 radical (unpaired) electrons. The average Bonchev–Trinajstić information content (AvgIpc) is 2.78. The lowest BCUT2D eigenvalue weighted by molar-refractivity contribution is -0.0586. The summed E-state index contributed by atoms with van der Waals surface area (Å²) in [5, 5.41) is 6.72. The molecule has 2 atom stereocenters. The average molecular weight is 550 g/mol. The van der Waals surface area contributed by atoms with E-state index in [9.17, 15) is 4.79 Å². The van der Waals surface area contributed by atoms with Crippen LogP contribution in [0.4, 0.5) is 0 Å². The lowest BCUT2D eigenvalue weighted by Gasteiger charge is -2.35. The van der Waals surface area contributed by atoms with E-state index in [-0.39, 0.29) is 42.1 Å². The fraction of sp³-hybridized carbons (Fsp3) is 0.440. The normalized spacial score (nSPS) is 18.6. The van der Waals surface area contributed by atoms with E-state index in [1.165, 1.54) is 11.1 Å². The first-order chi connectivity index (χ1) is 15.0. The standard InChI is InChI=1S/C25H34N4O2.HI/c1-5-21-8-6-7-9-23(21)15-28-25(26-4)27-14-20-10-12-22(13-11-20)24(30)29-16-18(2)31-19(3)17-29;/h6-13,18-19H,5,14-17H2,1-4H3,(H2,26,27,28);1H. The number of benzene rings is 2. The number of nitrogens with zero attached hydrogens (tertiary/aromatic N) is 2. The molecule has 1 fully saturated rings. The molecule has 174 valence electrons. The highest BCUT2D eigenvalue weighted by molar-refractivity contribution is 14.0. The van der Waals surface area contributed by atoms with Crippen molar-refractivity contribution in [1.29, 1.82) is 0 Å². The molecular weight excluding hydrogens is 515 g/mol. The van der Waals surface area contributed by atoms with Gasteiger partial charge in [0.1, 0.15) is 0 Å². The zero-order chi connectivity index (χ0) is 22.2. The summed E-state index contributed by atoms with van der Waals surface area (Å²) in [7, 11) is 1.77. The van der Waals surface area contributed by atoms with E-state index in [2.05, 4.69) is 46.8 Å². The molecule has 0 aromatic heterocycles. The van der Waals surface area contributed by atoms with Crippen LogP contribution in [0.2, 0.25) is 0 Å². The topological polar surface area (TPSA) is 66.0 Å². The molecule has 1 aliphatic heterocycles. The van der Waals surface area contributed by atoms with Crippen molar-refractivity contribution in [2.45, 2.75) is 52.5 Å². The van der Waals surface area contributed by atoms with Crippen LogP contribution in [0.25, 0.3) is 0 Å². The van der Waals surface area contributed by atoms with E-state index < -0.39 is 0 Å². The van der Waals surface area contributed by atoms with E-state index in [1.54, 1.807) is 7.05 Å². The SMILES string of the molecule is CCc1ccccc1CNC(=NC)NCc1ccc(C(=O)N2CC(C)OC(C)C2)cc1.I. The minimum Gasteiger partial charge on any atom is -0.372 e. The van der Waals surface area contributed by atoms with Crippen molar-refractivity contribution in [2.75, 3.05) is 20.1 Å². The molecule has 2 unspecified atom stereocenters. The summed E-state index contributed by atoms with van der Waals surface area (Å²) in [5.74, 6) is 0.816. The highest BCUT2D eigenvalue weighted by atomic mass is 127. The van der Waals surface area contributed by atoms with Crippen LogP contribution in [0.15, 0.2) is 53.5 Å². The Hall–Kier alpha value is -2.13. The van der Waals surface area contributed by atoms with Gasteiger partial charge in [-0.2, -0.15) is 0 Å². The van der Waals surface area contributed by atoms with Gasteiger partial charge in [0, 0.05) is 38.8 Å². The summed E-state index contributed by atoms with van der Waals surface area (Å²) >= 11 is 0. The highest BCUT2D eigenvalue weighted by Gasteiger charge is 2.26. The molecule has 1 saturated heterocycles. The first-order valence-corrected chi connectivity index (χ1v) is 11.0. The highest BCUT2D eigenvalue weighted by Crippen LogP contribution is 2.15. The number of halogens is 1. The zero-order valence-electron chi connectivity index (χ0n) is 19.4. The maximum absolute atomic E-state index is 12.8. The molecule has 0 aliphatic carbocycles. The Bertz CT molecular complexity index is 891. The third kappa shape index (κ3) is 7.20. The van der Waals surface area contributed by atoms with E-state index in [0.29, 0.717) is 25.2 Å². The number of nitrogens with one attached hydrogen (secondary N) is 2. The number of morpholine rings is 1. The van der Waals surface area contributed by atoms with Crippen LogP contribution in [0.3, 0.4) is 0 Å². The van der Waals surface area contributed by atoms with Crippen molar-refractivity contribution in [3.8, 4) is 0 Å². The van der Waals surface area contributed by atoms with Crippen LogP contribution in [-0.2, 0) is 24.2 Å². The van der Waals surface area contributed by atoms with E-state index >= 15 is 0 Å². The van der Waals surface area contributed by atoms with Crippen molar-refractivity contribution in [2.24, 2.45) is 4.99 Å². The predicted molar refractivity (Wildman–Crippen MR) is 141 cm³/mol. The summed E-state index contributed by atoms with van der Waals surface area (Å²) in [6.45, 7) is 8.81. The Morgan fingerprint density at radius 1 is 1.00 bits per heavy atom. The molecule has 0 spiro atoms. The van der Waals surface area contributed by atoms with Crippen LogP contribution in [0.1, 0.15) is 47.8 Å². The molecule has 0 saturated carbocycles. The molecule has 2 N–H and O–H groups in total. The third-order valence-electron chi connectivity index (χ3n) is 5.54. The lowest BCUT2D eigenvalue weighted by Crippen LogP contribution is -2.48. The molecule has 2 aromatic carbocycles. The number of hydrogen-bond acceptors (Lipinski definition) is 3. The van der Waals surface area contributed by atoms with E-state index in [4.69, 9.17) is 4.74 Å². The quantitative estimate of drug-likeness (QED) is 0.325. The fourth-order valence-electron chi connectivity index (χ4n) is 3.95. The van der Waals surface area contributed by atoms with Gasteiger partial charge < -0.3 is 20.3 Å². The van der Waals surface area contributed by atoms with Crippen LogP contribution in [0.5, 0.6) is 0 Å². The van der Waals surface area contributed by atoms with Crippen molar-refractivity contribution < 1.29 is 9.53 Å².